The van der Waals surface area contributed by atoms with Crippen molar-refractivity contribution in [2.24, 2.45) is 5.92 Å². The molecule has 1 aromatic rings. The molecule has 1 saturated carbocycles. The number of benzene rings is 1. The first-order chi connectivity index (χ1) is 7.27. The third-order valence-electron chi connectivity index (χ3n) is 3.52. The van der Waals surface area contributed by atoms with Crippen LogP contribution < -0.4 is 0 Å². The van der Waals surface area contributed by atoms with Gasteiger partial charge >= 0.3 is 0 Å². The van der Waals surface area contributed by atoms with Crippen molar-refractivity contribution in [3.05, 3.63) is 48.6 Å². The van der Waals surface area contributed by atoms with Crippen LogP contribution in [0.4, 0.5) is 0 Å². The highest BCUT2D eigenvalue weighted by atomic mass is 16.3. The maximum atomic E-state index is 10.7. The lowest BCUT2D eigenvalue weighted by molar-refractivity contribution is 0.0271. The molecule has 0 heterocycles. The van der Waals surface area contributed by atoms with Crippen LogP contribution in [-0.2, 0) is 5.60 Å². The summed E-state index contributed by atoms with van der Waals surface area (Å²) in [6.07, 6.45) is 6.38. The van der Waals surface area contributed by atoms with Crippen LogP contribution in [-0.4, -0.2) is 5.11 Å². The molecular weight excluding hydrogens is 184 g/mol. The topological polar surface area (TPSA) is 20.2 Å². The van der Waals surface area contributed by atoms with Crippen LogP contribution in [0, 0.1) is 5.92 Å². The maximum Gasteiger partial charge on any atom is 0.110 e. The predicted molar refractivity (Wildman–Crippen MR) is 62.5 cm³/mol. The largest absolute Gasteiger partial charge is 0.381 e. The molecule has 0 saturated heterocycles. The molecule has 1 aromatic carbocycles. The first-order valence-corrected chi connectivity index (χ1v) is 5.69. The molecule has 1 aliphatic carbocycles. The van der Waals surface area contributed by atoms with Crippen LogP contribution in [0.25, 0.3) is 0 Å². The number of hydrogen-bond acceptors (Lipinski definition) is 1. The van der Waals surface area contributed by atoms with E-state index in [4.69, 9.17) is 0 Å². The number of hydrogen-bond donors (Lipinski definition) is 1. The first kappa shape index (κ1) is 10.4. The minimum Gasteiger partial charge on any atom is -0.381 e. The van der Waals surface area contributed by atoms with Gasteiger partial charge in [-0.25, -0.2) is 0 Å². The average molecular weight is 202 g/mol. The Balaban J connectivity index is 2.32. The fraction of sp³-hybridized carbons (Fsp3) is 0.429. The summed E-state index contributed by atoms with van der Waals surface area (Å²) in [5, 5.41) is 10.7. The van der Waals surface area contributed by atoms with Crippen LogP contribution in [0.15, 0.2) is 43.0 Å². The zero-order valence-corrected chi connectivity index (χ0v) is 9.02. The van der Waals surface area contributed by atoms with E-state index in [0.717, 1.165) is 18.4 Å². The molecule has 0 amide bonds. The third-order valence-corrected chi connectivity index (χ3v) is 3.52. The fourth-order valence-electron chi connectivity index (χ4n) is 2.59. The van der Waals surface area contributed by atoms with E-state index in [2.05, 4.69) is 6.58 Å². The molecule has 15 heavy (non-hydrogen) atoms. The normalized spacial score (nSPS) is 21.1. The van der Waals surface area contributed by atoms with E-state index < -0.39 is 5.60 Å². The molecule has 1 N–H and O–H groups in total. The van der Waals surface area contributed by atoms with Gasteiger partial charge in [-0.3, -0.25) is 0 Å². The molecule has 0 aliphatic heterocycles. The molecule has 2 rings (SSSR count). The van der Waals surface area contributed by atoms with E-state index in [-0.39, 0.29) is 0 Å². The third kappa shape index (κ3) is 1.84. The van der Waals surface area contributed by atoms with E-state index in [1.165, 1.54) is 12.8 Å². The molecule has 1 heteroatoms. The molecule has 0 bridgehead atoms. The summed E-state index contributed by atoms with van der Waals surface area (Å²) in [6, 6.07) is 9.89. The smallest absolute Gasteiger partial charge is 0.110 e. The molecular formula is C14H18O. The van der Waals surface area contributed by atoms with Crippen LogP contribution in [0.1, 0.15) is 31.2 Å². The van der Waals surface area contributed by atoms with Crippen molar-refractivity contribution < 1.29 is 5.11 Å². The molecule has 1 fully saturated rings. The van der Waals surface area contributed by atoms with Gasteiger partial charge in [0.2, 0.25) is 0 Å². The van der Waals surface area contributed by atoms with Gasteiger partial charge in [0.05, 0.1) is 0 Å². The SMILES string of the molecule is C=CC(O)(c1ccccc1)C1CCCC1. The minimum absolute atomic E-state index is 0.345. The molecule has 0 spiro atoms. The summed E-state index contributed by atoms with van der Waals surface area (Å²) >= 11 is 0. The van der Waals surface area contributed by atoms with Gasteiger partial charge in [0.25, 0.3) is 0 Å². The monoisotopic (exact) mass is 202 g/mol. The van der Waals surface area contributed by atoms with Gasteiger partial charge in [0.15, 0.2) is 0 Å². The highest BCUT2D eigenvalue weighted by Gasteiger charge is 2.36. The van der Waals surface area contributed by atoms with E-state index in [1.54, 1.807) is 6.08 Å². The van der Waals surface area contributed by atoms with Crippen molar-refractivity contribution in [2.75, 3.05) is 0 Å². The van der Waals surface area contributed by atoms with E-state index >= 15 is 0 Å². The van der Waals surface area contributed by atoms with Crippen molar-refractivity contribution in [1.82, 2.24) is 0 Å². The molecule has 1 nitrogen and oxygen atoms in total. The van der Waals surface area contributed by atoms with Crippen molar-refractivity contribution in [3.8, 4) is 0 Å². The zero-order chi connectivity index (χ0) is 10.7. The van der Waals surface area contributed by atoms with Gasteiger partial charge in [-0.1, -0.05) is 55.8 Å². The first-order valence-electron chi connectivity index (χ1n) is 5.69. The molecule has 0 aromatic heterocycles. The lowest BCUT2D eigenvalue weighted by Crippen LogP contribution is -2.31. The average Bonchev–Trinajstić information content (AvgIpc) is 2.83. The van der Waals surface area contributed by atoms with Crippen molar-refractivity contribution in [2.45, 2.75) is 31.3 Å². The van der Waals surface area contributed by atoms with Crippen LogP contribution in [0.3, 0.4) is 0 Å². The quantitative estimate of drug-likeness (QED) is 0.746. The lowest BCUT2D eigenvalue weighted by atomic mass is 9.80. The molecule has 1 atom stereocenters. The summed E-state index contributed by atoms with van der Waals surface area (Å²) in [5.74, 6) is 0.345. The summed E-state index contributed by atoms with van der Waals surface area (Å²) in [7, 11) is 0. The van der Waals surface area contributed by atoms with Gasteiger partial charge in [-0.15, -0.1) is 0 Å². The second kappa shape index (κ2) is 4.19. The van der Waals surface area contributed by atoms with Crippen molar-refractivity contribution in [3.63, 3.8) is 0 Å². The van der Waals surface area contributed by atoms with Gasteiger partial charge < -0.3 is 5.11 Å². The standard InChI is InChI=1S/C14H18O/c1-2-14(15,13-10-6-7-11-13)12-8-4-3-5-9-12/h2-5,8-9,13,15H,1,6-7,10-11H2. The summed E-state index contributed by atoms with van der Waals surface area (Å²) in [6.45, 7) is 3.80. The Morgan fingerprint density at radius 3 is 2.33 bits per heavy atom. The predicted octanol–water partition coefficient (Wildman–Crippen LogP) is 3.25. The summed E-state index contributed by atoms with van der Waals surface area (Å²) in [4.78, 5) is 0. The Hall–Kier alpha value is -1.08. The zero-order valence-electron chi connectivity index (χ0n) is 9.02. The summed E-state index contributed by atoms with van der Waals surface area (Å²) in [5.41, 5.74) is 0.157. The highest BCUT2D eigenvalue weighted by Crippen LogP contribution is 2.41. The van der Waals surface area contributed by atoms with E-state index in [9.17, 15) is 5.11 Å². The summed E-state index contributed by atoms with van der Waals surface area (Å²) < 4.78 is 0. The second-order valence-corrected chi connectivity index (χ2v) is 4.38. The Morgan fingerprint density at radius 2 is 1.80 bits per heavy atom. The Bertz CT molecular complexity index is 324. The Labute approximate surface area is 91.4 Å². The Kier molecular flexibility index (Phi) is 2.92. The number of rotatable bonds is 3. The van der Waals surface area contributed by atoms with E-state index in [0.29, 0.717) is 5.92 Å². The molecule has 1 aliphatic rings. The Morgan fingerprint density at radius 1 is 1.20 bits per heavy atom. The molecule has 1 unspecified atom stereocenters. The van der Waals surface area contributed by atoms with Gasteiger partial charge in [0.1, 0.15) is 5.60 Å². The van der Waals surface area contributed by atoms with Crippen LogP contribution >= 0.6 is 0 Å². The lowest BCUT2D eigenvalue weighted by Gasteiger charge is -2.31. The van der Waals surface area contributed by atoms with E-state index in [1.807, 2.05) is 30.3 Å². The van der Waals surface area contributed by atoms with Crippen molar-refractivity contribution in [1.29, 1.82) is 0 Å². The second-order valence-electron chi connectivity index (χ2n) is 4.38. The molecule has 0 radical (unpaired) electrons. The van der Waals surface area contributed by atoms with Crippen LogP contribution in [0.2, 0.25) is 0 Å². The van der Waals surface area contributed by atoms with Gasteiger partial charge in [-0.2, -0.15) is 0 Å². The van der Waals surface area contributed by atoms with Gasteiger partial charge in [0, 0.05) is 0 Å². The van der Waals surface area contributed by atoms with Crippen LogP contribution in [0.5, 0.6) is 0 Å². The van der Waals surface area contributed by atoms with Gasteiger partial charge in [-0.05, 0) is 24.3 Å². The fourth-order valence-corrected chi connectivity index (χ4v) is 2.59. The molecule has 80 valence electrons. The van der Waals surface area contributed by atoms with Crippen molar-refractivity contribution >= 4 is 0 Å². The maximum absolute atomic E-state index is 10.7. The number of aliphatic hydroxyl groups is 1. The minimum atomic E-state index is -0.822. The highest BCUT2D eigenvalue weighted by molar-refractivity contribution is 5.28.